The van der Waals surface area contributed by atoms with E-state index in [1.807, 2.05) is 6.92 Å². The Morgan fingerprint density at radius 3 is 2.71 bits per heavy atom. The molecule has 1 fully saturated rings. The van der Waals surface area contributed by atoms with Gasteiger partial charge in [0, 0.05) is 18.9 Å². The molecule has 0 aromatic rings. The van der Waals surface area contributed by atoms with Gasteiger partial charge < -0.3 is 0 Å². The third-order valence-electron chi connectivity index (χ3n) is 3.50. The first-order valence-corrected chi connectivity index (χ1v) is 6.56. The van der Waals surface area contributed by atoms with Crippen LogP contribution in [-0.2, 0) is 9.59 Å². The van der Waals surface area contributed by atoms with Crippen molar-refractivity contribution in [1.29, 1.82) is 0 Å². The highest BCUT2D eigenvalue weighted by Crippen LogP contribution is 2.29. The van der Waals surface area contributed by atoms with Gasteiger partial charge in [0.15, 0.2) is 0 Å². The van der Waals surface area contributed by atoms with Gasteiger partial charge in [-0.2, -0.15) is 0 Å². The van der Waals surface area contributed by atoms with E-state index in [0.29, 0.717) is 13.0 Å². The minimum Gasteiger partial charge on any atom is -0.279 e. The zero-order valence-corrected chi connectivity index (χ0v) is 10.9. The van der Waals surface area contributed by atoms with E-state index in [0.717, 1.165) is 25.7 Å². The largest absolute Gasteiger partial charge is 0.279 e. The second-order valence-corrected chi connectivity index (χ2v) is 4.91. The van der Waals surface area contributed by atoms with Crippen molar-refractivity contribution in [3.8, 4) is 0 Å². The van der Waals surface area contributed by atoms with E-state index in [1.165, 1.54) is 4.90 Å². The molecule has 3 nitrogen and oxygen atoms in total. The van der Waals surface area contributed by atoms with Crippen LogP contribution in [0.25, 0.3) is 0 Å². The normalized spacial score (nSPS) is 25.2. The van der Waals surface area contributed by atoms with Gasteiger partial charge in [-0.25, -0.2) is 0 Å². The smallest absolute Gasteiger partial charge is 0.232 e. The van der Waals surface area contributed by atoms with Crippen LogP contribution in [-0.4, -0.2) is 23.3 Å². The van der Waals surface area contributed by atoms with Crippen LogP contribution in [0.1, 0.15) is 46.0 Å². The number of amides is 2. The number of imide groups is 1. The first-order valence-electron chi connectivity index (χ1n) is 6.56. The summed E-state index contributed by atoms with van der Waals surface area (Å²) in [4.78, 5) is 25.3. The minimum absolute atomic E-state index is 0.00440. The van der Waals surface area contributed by atoms with Gasteiger partial charge in [-0.3, -0.25) is 14.5 Å². The van der Waals surface area contributed by atoms with Gasteiger partial charge >= 0.3 is 0 Å². The molecule has 1 rings (SSSR count). The molecule has 1 aliphatic heterocycles. The van der Waals surface area contributed by atoms with Gasteiger partial charge in [-0.05, 0) is 12.3 Å². The number of piperidine rings is 1. The molecule has 0 saturated carbocycles. The van der Waals surface area contributed by atoms with Crippen LogP contribution in [0.4, 0.5) is 0 Å². The monoisotopic (exact) mass is 237 g/mol. The summed E-state index contributed by atoms with van der Waals surface area (Å²) in [5.74, 6) is 0.172. The summed E-state index contributed by atoms with van der Waals surface area (Å²) in [7, 11) is 0. The molecule has 0 N–H and O–H groups in total. The van der Waals surface area contributed by atoms with Crippen molar-refractivity contribution in [2.75, 3.05) is 6.54 Å². The number of hydrogen-bond donors (Lipinski definition) is 0. The lowest BCUT2D eigenvalue weighted by atomic mass is 9.82. The van der Waals surface area contributed by atoms with Crippen molar-refractivity contribution in [3.63, 3.8) is 0 Å². The van der Waals surface area contributed by atoms with E-state index in [-0.39, 0.29) is 23.7 Å². The highest BCUT2D eigenvalue weighted by molar-refractivity contribution is 5.99. The number of likely N-dealkylation sites (tertiary alicyclic amines) is 1. The van der Waals surface area contributed by atoms with Gasteiger partial charge in [0.2, 0.25) is 11.8 Å². The van der Waals surface area contributed by atoms with Gasteiger partial charge in [0.1, 0.15) is 0 Å². The maximum atomic E-state index is 12.2. The molecule has 17 heavy (non-hydrogen) atoms. The van der Waals surface area contributed by atoms with E-state index in [2.05, 4.69) is 13.5 Å². The maximum Gasteiger partial charge on any atom is 0.232 e. The molecule has 1 heterocycles. The second-order valence-electron chi connectivity index (χ2n) is 4.91. The molecule has 0 aromatic carbocycles. The Bertz CT molecular complexity index is 299. The third kappa shape index (κ3) is 3.42. The molecule has 96 valence electrons. The molecular formula is C14H23NO2. The average molecular weight is 237 g/mol. The van der Waals surface area contributed by atoms with E-state index in [9.17, 15) is 9.59 Å². The Hall–Kier alpha value is -1.12. The van der Waals surface area contributed by atoms with Crippen molar-refractivity contribution in [1.82, 2.24) is 4.90 Å². The van der Waals surface area contributed by atoms with Crippen molar-refractivity contribution >= 4 is 11.8 Å². The summed E-state index contributed by atoms with van der Waals surface area (Å²) in [5, 5.41) is 0. The van der Waals surface area contributed by atoms with Crippen LogP contribution in [0.5, 0.6) is 0 Å². The fourth-order valence-electron chi connectivity index (χ4n) is 2.44. The van der Waals surface area contributed by atoms with E-state index in [4.69, 9.17) is 0 Å². The third-order valence-corrected chi connectivity index (χ3v) is 3.50. The maximum absolute atomic E-state index is 12.2. The van der Waals surface area contributed by atoms with E-state index >= 15 is 0 Å². The first-order chi connectivity index (χ1) is 8.11. The van der Waals surface area contributed by atoms with Crippen LogP contribution < -0.4 is 0 Å². The Balaban J connectivity index is 2.65. The summed E-state index contributed by atoms with van der Waals surface area (Å²) in [6.45, 7) is 8.12. The van der Waals surface area contributed by atoms with Gasteiger partial charge in [-0.1, -0.05) is 39.2 Å². The van der Waals surface area contributed by atoms with Crippen LogP contribution in [0, 0.1) is 11.8 Å². The van der Waals surface area contributed by atoms with E-state index < -0.39 is 0 Å². The SMILES string of the molecule is C=CCN1C(=O)C[C@@H](C)[C@H](CCCCC)C1=O. The number of carbonyl (C=O) groups is 2. The van der Waals surface area contributed by atoms with Gasteiger partial charge in [0.05, 0.1) is 0 Å². The summed E-state index contributed by atoms with van der Waals surface area (Å²) in [6.07, 6.45) is 6.42. The molecule has 0 bridgehead atoms. The fraction of sp³-hybridized carbons (Fsp3) is 0.714. The summed E-state index contributed by atoms with van der Waals surface area (Å²) in [6, 6.07) is 0. The zero-order chi connectivity index (χ0) is 12.8. The molecule has 0 radical (unpaired) electrons. The Morgan fingerprint density at radius 2 is 2.12 bits per heavy atom. The molecule has 0 spiro atoms. The standard InChI is InChI=1S/C14H23NO2/c1-4-6-7-8-12-11(3)10-13(16)15(9-5-2)14(12)17/h5,11-12H,2,4,6-10H2,1,3H3/t11-,12+/m1/s1. The summed E-state index contributed by atoms with van der Waals surface area (Å²) < 4.78 is 0. The van der Waals surface area contributed by atoms with Crippen LogP contribution in [0.2, 0.25) is 0 Å². The minimum atomic E-state index is -0.0471. The van der Waals surface area contributed by atoms with Crippen LogP contribution in [0.15, 0.2) is 12.7 Å². The topological polar surface area (TPSA) is 37.4 Å². The molecule has 0 aromatic heterocycles. The molecule has 0 aliphatic carbocycles. The number of carbonyl (C=O) groups excluding carboxylic acids is 2. The van der Waals surface area contributed by atoms with Crippen LogP contribution >= 0.6 is 0 Å². The predicted molar refractivity (Wildman–Crippen MR) is 68.3 cm³/mol. The lowest BCUT2D eigenvalue weighted by molar-refractivity contribution is -0.153. The lowest BCUT2D eigenvalue weighted by Gasteiger charge is -2.34. The fourth-order valence-corrected chi connectivity index (χ4v) is 2.44. The number of nitrogens with zero attached hydrogens (tertiary/aromatic N) is 1. The molecule has 1 saturated heterocycles. The van der Waals surface area contributed by atoms with E-state index in [1.54, 1.807) is 6.08 Å². The van der Waals surface area contributed by atoms with Gasteiger partial charge in [0.25, 0.3) is 0 Å². The predicted octanol–water partition coefficient (Wildman–Crippen LogP) is 2.76. The molecule has 2 atom stereocenters. The summed E-state index contributed by atoms with van der Waals surface area (Å²) in [5.41, 5.74) is 0. The number of rotatable bonds is 6. The second kappa shape index (κ2) is 6.58. The van der Waals surface area contributed by atoms with Gasteiger partial charge in [-0.15, -0.1) is 6.58 Å². The van der Waals surface area contributed by atoms with Crippen LogP contribution in [0.3, 0.4) is 0 Å². The van der Waals surface area contributed by atoms with Crippen molar-refractivity contribution in [3.05, 3.63) is 12.7 Å². The molecular weight excluding hydrogens is 214 g/mol. The summed E-state index contributed by atoms with van der Waals surface area (Å²) >= 11 is 0. The Morgan fingerprint density at radius 1 is 1.41 bits per heavy atom. The molecule has 2 amide bonds. The van der Waals surface area contributed by atoms with Crippen molar-refractivity contribution in [2.24, 2.45) is 11.8 Å². The van der Waals surface area contributed by atoms with Crippen molar-refractivity contribution < 1.29 is 9.59 Å². The zero-order valence-electron chi connectivity index (χ0n) is 10.9. The Labute approximate surface area is 104 Å². The lowest BCUT2D eigenvalue weighted by Crippen LogP contribution is -2.48. The quantitative estimate of drug-likeness (QED) is 0.404. The number of hydrogen-bond acceptors (Lipinski definition) is 2. The average Bonchev–Trinajstić information content (AvgIpc) is 2.29. The molecule has 1 aliphatic rings. The number of unbranched alkanes of at least 4 members (excludes halogenated alkanes) is 2. The highest BCUT2D eigenvalue weighted by atomic mass is 16.2. The Kier molecular flexibility index (Phi) is 5.39. The van der Waals surface area contributed by atoms with Crippen molar-refractivity contribution in [2.45, 2.75) is 46.0 Å². The molecule has 3 heteroatoms. The molecule has 0 unspecified atom stereocenters. The highest BCUT2D eigenvalue weighted by Gasteiger charge is 2.37. The first kappa shape index (κ1) is 13.9.